The van der Waals surface area contributed by atoms with Crippen LogP contribution >= 0.6 is 0 Å². The lowest BCUT2D eigenvalue weighted by atomic mass is 9.99. The number of carbonyl (C=O) groups excluding carboxylic acids is 1. The molecule has 0 saturated heterocycles. The number of hydrogen-bond acceptors (Lipinski definition) is 3. The van der Waals surface area contributed by atoms with Gasteiger partial charge in [0.2, 0.25) is 0 Å². The third kappa shape index (κ3) is 2.02. The fourth-order valence-electron chi connectivity index (χ4n) is 1.85. The average molecular weight is 244 g/mol. The molecule has 0 spiro atoms. The molecule has 2 rings (SSSR count). The van der Waals surface area contributed by atoms with Crippen molar-refractivity contribution in [3.63, 3.8) is 0 Å². The number of hydrogen-bond donors (Lipinski definition) is 1. The number of aromatic nitrogens is 2. The van der Waals surface area contributed by atoms with E-state index < -0.39 is 5.97 Å². The maximum Gasteiger partial charge on any atom is 0.336 e. The van der Waals surface area contributed by atoms with Gasteiger partial charge in [-0.2, -0.15) is 5.10 Å². The van der Waals surface area contributed by atoms with Crippen LogP contribution in [0.3, 0.4) is 0 Å². The lowest BCUT2D eigenvalue weighted by Gasteiger charge is -2.04. The van der Waals surface area contributed by atoms with E-state index in [2.05, 4.69) is 5.10 Å². The summed E-state index contributed by atoms with van der Waals surface area (Å²) in [5, 5.41) is 13.2. The topological polar surface area (TPSA) is 72.2 Å². The Morgan fingerprint density at radius 2 is 1.89 bits per heavy atom. The Kier molecular flexibility index (Phi) is 2.97. The molecule has 1 aromatic carbocycles. The fraction of sp³-hybridized carbons (Fsp3) is 0.154. The van der Waals surface area contributed by atoms with Crippen LogP contribution in [0.5, 0.6) is 0 Å². The average Bonchev–Trinajstić information content (AvgIpc) is 2.71. The monoisotopic (exact) mass is 244 g/mol. The molecule has 0 bridgehead atoms. The first-order valence-electron chi connectivity index (χ1n) is 5.38. The SMILES string of the molecule is CC(=O)c1nn(C)cc1-c1ccccc1C(=O)O. The summed E-state index contributed by atoms with van der Waals surface area (Å²) in [6.07, 6.45) is 1.65. The van der Waals surface area contributed by atoms with E-state index in [1.54, 1.807) is 31.4 Å². The van der Waals surface area contributed by atoms with Crippen LogP contribution in [0.4, 0.5) is 0 Å². The molecule has 0 atom stereocenters. The number of benzene rings is 1. The molecule has 0 radical (unpaired) electrons. The van der Waals surface area contributed by atoms with Crippen LogP contribution in [-0.2, 0) is 7.05 Å². The third-order valence-corrected chi connectivity index (χ3v) is 2.61. The quantitative estimate of drug-likeness (QED) is 0.838. The summed E-state index contributed by atoms with van der Waals surface area (Å²) in [6, 6.07) is 6.57. The van der Waals surface area contributed by atoms with Crippen molar-refractivity contribution in [2.24, 2.45) is 7.05 Å². The van der Waals surface area contributed by atoms with E-state index in [4.69, 9.17) is 5.11 Å². The summed E-state index contributed by atoms with van der Waals surface area (Å²) < 4.78 is 1.50. The van der Waals surface area contributed by atoms with E-state index in [0.717, 1.165) is 0 Å². The van der Waals surface area contributed by atoms with Crippen molar-refractivity contribution in [3.05, 3.63) is 41.7 Å². The second kappa shape index (κ2) is 4.44. The van der Waals surface area contributed by atoms with E-state index >= 15 is 0 Å². The molecule has 0 amide bonds. The van der Waals surface area contributed by atoms with Crippen molar-refractivity contribution >= 4 is 11.8 Å². The molecular weight excluding hydrogens is 232 g/mol. The molecule has 0 fully saturated rings. The molecule has 1 aromatic heterocycles. The second-order valence-electron chi connectivity index (χ2n) is 3.97. The Labute approximate surface area is 104 Å². The Morgan fingerprint density at radius 3 is 2.50 bits per heavy atom. The van der Waals surface area contributed by atoms with Gasteiger partial charge in [-0.05, 0) is 6.07 Å². The molecule has 5 nitrogen and oxygen atoms in total. The zero-order valence-corrected chi connectivity index (χ0v) is 10.0. The highest BCUT2D eigenvalue weighted by Gasteiger charge is 2.18. The number of Topliss-reactive ketones (excluding diaryl/α,β-unsaturated/α-hetero) is 1. The van der Waals surface area contributed by atoms with Crippen LogP contribution in [-0.4, -0.2) is 26.6 Å². The minimum absolute atomic E-state index is 0.160. The number of carboxylic acids is 1. The number of nitrogens with zero attached hydrogens (tertiary/aromatic N) is 2. The summed E-state index contributed by atoms with van der Waals surface area (Å²) in [5.41, 5.74) is 1.49. The molecule has 0 aliphatic carbocycles. The lowest BCUT2D eigenvalue weighted by molar-refractivity contribution is 0.0697. The van der Waals surface area contributed by atoms with E-state index in [-0.39, 0.29) is 17.0 Å². The molecule has 0 unspecified atom stereocenters. The van der Waals surface area contributed by atoms with Crippen LogP contribution < -0.4 is 0 Å². The number of carboxylic acid groups (broad SMARTS) is 1. The maximum absolute atomic E-state index is 11.5. The van der Waals surface area contributed by atoms with E-state index in [1.807, 2.05) is 0 Å². The van der Waals surface area contributed by atoms with Gasteiger partial charge in [0, 0.05) is 31.3 Å². The van der Waals surface area contributed by atoms with Crippen molar-refractivity contribution < 1.29 is 14.7 Å². The van der Waals surface area contributed by atoms with Gasteiger partial charge in [0.15, 0.2) is 5.78 Å². The van der Waals surface area contributed by atoms with Crippen LogP contribution in [0.2, 0.25) is 0 Å². The number of ketones is 1. The summed E-state index contributed by atoms with van der Waals surface area (Å²) in [4.78, 5) is 22.7. The van der Waals surface area contributed by atoms with E-state index in [1.165, 1.54) is 17.7 Å². The molecule has 1 heterocycles. The van der Waals surface area contributed by atoms with E-state index in [0.29, 0.717) is 11.1 Å². The zero-order chi connectivity index (χ0) is 13.3. The van der Waals surface area contributed by atoms with E-state index in [9.17, 15) is 9.59 Å². The Morgan fingerprint density at radius 1 is 1.22 bits per heavy atom. The van der Waals surface area contributed by atoms with Gasteiger partial charge in [-0.15, -0.1) is 0 Å². The minimum Gasteiger partial charge on any atom is -0.478 e. The summed E-state index contributed by atoms with van der Waals surface area (Å²) in [6.45, 7) is 1.41. The first-order valence-corrected chi connectivity index (χ1v) is 5.38. The van der Waals surface area contributed by atoms with Gasteiger partial charge in [0.25, 0.3) is 0 Å². The first kappa shape index (κ1) is 12.0. The molecule has 1 N–H and O–H groups in total. The molecule has 92 valence electrons. The van der Waals surface area contributed by atoms with Crippen molar-refractivity contribution in [1.29, 1.82) is 0 Å². The van der Waals surface area contributed by atoms with Gasteiger partial charge < -0.3 is 5.11 Å². The Hall–Kier alpha value is -2.43. The zero-order valence-electron chi connectivity index (χ0n) is 10.0. The van der Waals surface area contributed by atoms with Crippen molar-refractivity contribution in [2.45, 2.75) is 6.92 Å². The smallest absolute Gasteiger partial charge is 0.336 e. The minimum atomic E-state index is -1.02. The molecular formula is C13H12N2O3. The molecule has 0 aliphatic heterocycles. The third-order valence-electron chi connectivity index (χ3n) is 2.61. The Balaban J connectivity index is 2.69. The van der Waals surface area contributed by atoms with Gasteiger partial charge in [0.05, 0.1) is 5.56 Å². The van der Waals surface area contributed by atoms with Crippen LogP contribution in [0.15, 0.2) is 30.5 Å². The molecule has 5 heteroatoms. The number of aryl methyl sites for hydroxylation is 1. The van der Waals surface area contributed by atoms with Gasteiger partial charge >= 0.3 is 5.97 Å². The van der Waals surface area contributed by atoms with Crippen LogP contribution in [0, 0.1) is 0 Å². The summed E-state index contributed by atoms with van der Waals surface area (Å²) in [5.74, 6) is -1.21. The Bertz CT molecular complexity index is 629. The summed E-state index contributed by atoms with van der Waals surface area (Å²) >= 11 is 0. The number of rotatable bonds is 3. The van der Waals surface area contributed by atoms with Crippen LogP contribution in [0.1, 0.15) is 27.8 Å². The highest BCUT2D eigenvalue weighted by atomic mass is 16.4. The lowest BCUT2D eigenvalue weighted by Crippen LogP contribution is -2.01. The van der Waals surface area contributed by atoms with Gasteiger partial charge in [-0.25, -0.2) is 4.79 Å². The highest BCUT2D eigenvalue weighted by molar-refractivity contribution is 6.03. The molecule has 0 aliphatic rings. The predicted octanol–water partition coefficient (Wildman–Crippen LogP) is 1.99. The molecule has 0 saturated carbocycles. The molecule has 18 heavy (non-hydrogen) atoms. The maximum atomic E-state index is 11.5. The van der Waals surface area contributed by atoms with Gasteiger partial charge in [-0.1, -0.05) is 18.2 Å². The normalized spacial score (nSPS) is 10.3. The van der Waals surface area contributed by atoms with Gasteiger partial charge in [0.1, 0.15) is 5.69 Å². The van der Waals surface area contributed by atoms with Crippen molar-refractivity contribution in [3.8, 4) is 11.1 Å². The summed E-state index contributed by atoms with van der Waals surface area (Å²) in [7, 11) is 1.69. The number of carbonyl (C=O) groups is 2. The number of aromatic carboxylic acids is 1. The second-order valence-corrected chi connectivity index (χ2v) is 3.97. The molecule has 2 aromatic rings. The predicted molar refractivity (Wildman–Crippen MR) is 65.6 cm³/mol. The van der Waals surface area contributed by atoms with Crippen molar-refractivity contribution in [1.82, 2.24) is 9.78 Å². The fourth-order valence-corrected chi connectivity index (χ4v) is 1.85. The standard InChI is InChI=1S/C13H12N2O3/c1-8(16)12-11(7-15(2)14-12)9-5-3-4-6-10(9)13(17)18/h3-7H,1-2H3,(H,17,18). The largest absolute Gasteiger partial charge is 0.478 e. The van der Waals surface area contributed by atoms with Crippen molar-refractivity contribution in [2.75, 3.05) is 0 Å². The first-order chi connectivity index (χ1) is 8.50. The van der Waals surface area contributed by atoms with Crippen LogP contribution in [0.25, 0.3) is 11.1 Å². The van der Waals surface area contributed by atoms with Gasteiger partial charge in [-0.3, -0.25) is 9.48 Å². The highest BCUT2D eigenvalue weighted by Crippen LogP contribution is 2.26.